The van der Waals surface area contributed by atoms with Gasteiger partial charge >= 0.3 is 0 Å². The van der Waals surface area contributed by atoms with E-state index in [1.807, 2.05) is 6.33 Å². The van der Waals surface area contributed by atoms with E-state index < -0.39 is 0 Å². The number of anilines is 1. The van der Waals surface area contributed by atoms with Crippen LogP contribution in [0.25, 0.3) is 11.2 Å². The van der Waals surface area contributed by atoms with Crippen molar-refractivity contribution in [2.45, 2.75) is 90.0 Å². The molecule has 0 amide bonds. The van der Waals surface area contributed by atoms with E-state index in [1.165, 1.54) is 70.6 Å². The lowest BCUT2D eigenvalue weighted by Gasteiger charge is -2.32. The van der Waals surface area contributed by atoms with Crippen LogP contribution in [0.2, 0.25) is 5.28 Å². The number of fused-ring (bicyclic) bond motifs is 1. The molecular formula is C24H39ClN6O. The van der Waals surface area contributed by atoms with Crippen molar-refractivity contribution in [3.63, 3.8) is 0 Å². The van der Waals surface area contributed by atoms with Crippen molar-refractivity contribution < 1.29 is 4.74 Å². The van der Waals surface area contributed by atoms with E-state index in [0.29, 0.717) is 6.04 Å². The largest absolute Gasteiger partial charge is 0.381 e. The van der Waals surface area contributed by atoms with Crippen LogP contribution >= 0.6 is 11.6 Å². The Bertz CT molecular complexity index is 829. The summed E-state index contributed by atoms with van der Waals surface area (Å²) in [5.74, 6) is 1.57. The van der Waals surface area contributed by atoms with Crippen LogP contribution in [0.5, 0.6) is 0 Å². The van der Waals surface area contributed by atoms with Crippen molar-refractivity contribution in [1.82, 2.24) is 24.5 Å². The van der Waals surface area contributed by atoms with E-state index in [0.717, 1.165) is 55.6 Å². The standard InChI is InChI=1S/C24H39ClN6O/c1-2-16-32-17-8-4-3-5-9-19-12-14-30(15-13-19)29-22-21-23(28-24(25)27-22)31(18-26-21)20-10-6-7-11-20/h18-20H,2-17H2,1H3,(H,27,28,29). The van der Waals surface area contributed by atoms with E-state index in [2.05, 4.69) is 36.9 Å². The molecule has 7 nitrogen and oxygen atoms in total. The molecule has 0 unspecified atom stereocenters. The Hall–Kier alpha value is -1.44. The number of aromatic nitrogens is 4. The van der Waals surface area contributed by atoms with Crippen LogP contribution in [0.1, 0.15) is 90.0 Å². The summed E-state index contributed by atoms with van der Waals surface area (Å²) in [4.78, 5) is 13.6. The molecule has 2 aromatic heterocycles. The molecule has 1 saturated heterocycles. The smallest absolute Gasteiger partial charge is 0.226 e. The van der Waals surface area contributed by atoms with E-state index in [4.69, 9.17) is 16.3 Å². The summed E-state index contributed by atoms with van der Waals surface area (Å²) < 4.78 is 7.76. The Labute approximate surface area is 197 Å². The van der Waals surface area contributed by atoms with Crippen molar-refractivity contribution in [1.29, 1.82) is 0 Å². The molecule has 1 aliphatic carbocycles. The van der Waals surface area contributed by atoms with Gasteiger partial charge in [-0.05, 0) is 56.0 Å². The molecule has 2 fully saturated rings. The van der Waals surface area contributed by atoms with Crippen LogP contribution in [-0.4, -0.2) is 50.8 Å². The molecule has 0 atom stereocenters. The minimum absolute atomic E-state index is 0.287. The average molecular weight is 463 g/mol. The number of nitrogens with zero attached hydrogens (tertiary/aromatic N) is 5. The van der Waals surface area contributed by atoms with Crippen molar-refractivity contribution in [2.75, 3.05) is 31.7 Å². The second-order valence-corrected chi connectivity index (χ2v) is 9.80. The molecule has 0 bridgehead atoms. The van der Waals surface area contributed by atoms with Gasteiger partial charge in [-0.25, -0.2) is 9.99 Å². The number of unbranched alkanes of at least 4 members (excludes halogenated alkanes) is 3. The van der Waals surface area contributed by atoms with Gasteiger partial charge in [0.1, 0.15) is 0 Å². The van der Waals surface area contributed by atoms with Gasteiger partial charge in [0.15, 0.2) is 17.0 Å². The zero-order valence-electron chi connectivity index (χ0n) is 19.6. The van der Waals surface area contributed by atoms with Gasteiger partial charge in [0.05, 0.1) is 6.33 Å². The highest BCUT2D eigenvalue weighted by atomic mass is 35.5. The third kappa shape index (κ3) is 6.33. The molecule has 0 radical (unpaired) electrons. The fourth-order valence-electron chi connectivity index (χ4n) is 5.14. The maximum absolute atomic E-state index is 6.29. The molecule has 2 aliphatic rings. The van der Waals surface area contributed by atoms with Crippen molar-refractivity contribution >= 4 is 28.6 Å². The number of rotatable bonds is 12. The Balaban J connectivity index is 1.22. The highest BCUT2D eigenvalue weighted by Gasteiger charge is 2.24. The Kier molecular flexibility index (Phi) is 9.00. The first kappa shape index (κ1) is 23.7. The molecule has 32 heavy (non-hydrogen) atoms. The monoisotopic (exact) mass is 462 g/mol. The summed E-state index contributed by atoms with van der Waals surface area (Å²) >= 11 is 6.29. The van der Waals surface area contributed by atoms with E-state index in [1.54, 1.807) is 0 Å². The minimum atomic E-state index is 0.287. The molecule has 3 heterocycles. The average Bonchev–Trinajstić information content (AvgIpc) is 3.46. The lowest BCUT2D eigenvalue weighted by atomic mass is 9.92. The number of hydrazine groups is 1. The normalized spacial score (nSPS) is 18.7. The fraction of sp³-hybridized carbons (Fsp3) is 0.792. The van der Waals surface area contributed by atoms with Gasteiger partial charge in [-0.15, -0.1) is 0 Å². The third-order valence-corrected chi connectivity index (χ3v) is 7.16. The Morgan fingerprint density at radius 3 is 2.59 bits per heavy atom. The lowest BCUT2D eigenvalue weighted by molar-refractivity contribution is 0.130. The number of piperidine rings is 1. The molecule has 4 rings (SSSR count). The predicted octanol–water partition coefficient (Wildman–Crippen LogP) is 6.01. The molecule has 0 spiro atoms. The van der Waals surface area contributed by atoms with Crippen LogP contribution in [0.4, 0.5) is 5.82 Å². The van der Waals surface area contributed by atoms with Crippen LogP contribution in [0.15, 0.2) is 6.33 Å². The second-order valence-electron chi connectivity index (χ2n) is 9.46. The van der Waals surface area contributed by atoms with Crippen LogP contribution in [-0.2, 0) is 4.74 Å². The Morgan fingerprint density at radius 2 is 1.81 bits per heavy atom. The van der Waals surface area contributed by atoms with Gasteiger partial charge in [0, 0.05) is 32.3 Å². The number of nitrogens with one attached hydrogen (secondary N) is 1. The summed E-state index contributed by atoms with van der Waals surface area (Å²) in [5, 5.41) is 2.56. The highest BCUT2D eigenvalue weighted by Crippen LogP contribution is 2.33. The predicted molar refractivity (Wildman–Crippen MR) is 130 cm³/mol. The minimum Gasteiger partial charge on any atom is -0.381 e. The number of ether oxygens (including phenoxy) is 1. The molecular weight excluding hydrogens is 424 g/mol. The molecule has 1 N–H and O–H groups in total. The first-order valence-corrected chi connectivity index (χ1v) is 13.1. The van der Waals surface area contributed by atoms with Crippen molar-refractivity contribution in [3.05, 3.63) is 11.6 Å². The molecule has 1 saturated carbocycles. The van der Waals surface area contributed by atoms with E-state index in [-0.39, 0.29) is 5.28 Å². The SMILES string of the molecule is CCCOCCCCCCC1CCN(Nc2nc(Cl)nc3c2ncn3C2CCCC2)CC1. The van der Waals surface area contributed by atoms with Gasteiger partial charge in [-0.3, -0.25) is 0 Å². The van der Waals surface area contributed by atoms with Crippen LogP contribution < -0.4 is 5.43 Å². The summed E-state index contributed by atoms with van der Waals surface area (Å²) in [7, 11) is 0. The summed E-state index contributed by atoms with van der Waals surface area (Å²) in [6, 6.07) is 0.485. The van der Waals surface area contributed by atoms with Gasteiger partial charge in [0.25, 0.3) is 0 Å². The molecule has 0 aromatic carbocycles. The number of hydrogen-bond acceptors (Lipinski definition) is 6. The maximum Gasteiger partial charge on any atom is 0.226 e. The zero-order valence-corrected chi connectivity index (χ0v) is 20.3. The van der Waals surface area contributed by atoms with Gasteiger partial charge in [-0.2, -0.15) is 9.97 Å². The van der Waals surface area contributed by atoms with Crippen molar-refractivity contribution in [3.8, 4) is 0 Å². The van der Waals surface area contributed by atoms with Crippen LogP contribution in [0, 0.1) is 5.92 Å². The second kappa shape index (κ2) is 12.1. The number of halogens is 1. The summed E-state index contributed by atoms with van der Waals surface area (Å²) in [6.45, 7) is 6.05. The fourth-order valence-corrected chi connectivity index (χ4v) is 5.30. The molecule has 2 aromatic rings. The molecule has 1 aliphatic heterocycles. The third-order valence-electron chi connectivity index (χ3n) is 6.99. The first-order chi connectivity index (χ1) is 15.7. The first-order valence-electron chi connectivity index (χ1n) is 12.7. The summed E-state index contributed by atoms with van der Waals surface area (Å²) in [5.41, 5.74) is 5.18. The van der Waals surface area contributed by atoms with Gasteiger partial charge in [-0.1, -0.05) is 45.4 Å². The van der Waals surface area contributed by atoms with E-state index >= 15 is 0 Å². The number of hydrogen-bond donors (Lipinski definition) is 1. The quantitative estimate of drug-likeness (QED) is 0.307. The number of imidazole rings is 1. The highest BCUT2D eigenvalue weighted by molar-refractivity contribution is 6.28. The van der Waals surface area contributed by atoms with Gasteiger partial charge in [0.2, 0.25) is 5.28 Å². The van der Waals surface area contributed by atoms with E-state index in [9.17, 15) is 0 Å². The zero-order chi connectivity index (χ0) is 22.2. The lowest BCUT2D eigenvalue weighted by Crippen LogP contribution is -2.38. The van der Waals surface area contributed by atoms with Gasteiger partial charge < -0.3 is 14.7 Å². The Morgan fingerprint density at radius 1 is 1.03 bits per heavy atom. The summed E-state index contributed by atoms with van der Waals surface area (Å²) in [6.07, 6.45) is 16.9. The topological polar surface area (TPSA) is 68.1 Å². The molecule has 8 heteroatoms. The van der Waals surface area contributed by atoms with Crippen LogP contribution in [0.3, 0.4) is 0 Å². The van der Waals surface area contributed by atoms with Crippen molar-refractivity contribution in [2.24, 2.45) is 5.92 Å². The maximum atomic E-state index is 6.29. The molecule has 178 valence electrons.